The standard InChI is InChI=1S/C23H29N3O4S2/c1-3-4-15-30-23(27)25-32(28,29)22-12-11-21(31-22)10-5-18(2)20-8-6-19(7-9-20)16-26-14-13-24-17-26/h6-9,11-14,17-18H,3-5,10,15-16H2,1-2H3,(H,25,27). The van der Waals surface area contributed by atoms with E-state index in [-0.39, 0.29) is 10.8 Å². The van der Waals surface area contributed by atoms with Gasteiger partial charge in [-0.25, -0.2) is 22.9 Å². The van der Waals surface area contributed by atoms with Gasteiger partial charge in [-0.2, -0.15) is 0 Å². The second-order valence-electron chi connectivity index (χ2n) is 7.73. The lowest BCUT2D eigenvalue weighted by Gasteiger charge is -2.12. The molecule has 3 rings (SSSR count). The van der Waals surface area contributed by atoms with E-state index in [1.54, 1.807) is 12.5 Å². The van der Waals surface area contributed by atoms with E-state index >= 15 is 0 Å². The Morgan fingerprint density at radius 2 is 2.00 bits per heavy atom. The number of hydrogen-bond acceptors (Lipinski definition) is 6. The average molecular weight is 476 g/mol. The quantitative estimate of drug-likeness (QED) is 0.397. The minimum atomic E-state index is -3.91. The molecule has 0 aliphatic rings. The van der Waals surface area contributed by atoms with E-state index in [1.807, 2.05) is 28.5 Å². The van der Waals surface area contributed by atoms with Crippen molar-refractivity contribution in [3.8, 4) is 0 Å². The van der Waals surface area contributed by atoms with Gasteiger partial charge in [0.2, 0.25) is 0 Å². The van der Waals surface area contributed by atoms with Gasteiger partial charge in [0, 0.05) is 23.8 Å². The fourth-order valence-corrected chi connectivity index (χ4v) is 5.47. The van der Waals surface area contributed by atoms with E-state index in [1.165, 1.54) is 28.5 Å². The zero-order valence-corrected chi connectivity index (χ0v) is 20.0. The fourth-order valence-electron chi connectivity index (χ4n) is 3.20. The first kappa shape index (κ1) is 24.0. The Morgan fingerprint density at radius 3 is 2.69 bits per heavy atom. The predicted molar refractivity (Wildman–Crippen MR) is 125 cm³/mol. The van der Waals surface area contributed by atoms with Crippen LogP contribution in [0, 0.1) is 0 Å². The number of unbranched alkanes of at least 4 members (excludes halogenated alkanes) is 1. The summed E-state index contributed by atoms with van der Waals surface area (Å²) in [6.45, 7) is 5.13. The number of imidazole rings is 1. The van der Waals surface area contributed by atoms with E-state index in [0.29, 0.717) is 12.3 Å². The zero-order chi connectivity index (χ0) is 23.0. The molecule has 172 valence electrons. The van der Waals surface area contributed by atoms with Crippen LogP contribution in [0.5, 0.6) is 0 Å². The lowest BCUT2D eigenvalue weighted by Crippen LogP contribution is -2.30. The SMILES string of the molecule is CCCCOC(=O)NS(=O)(=O)c1ccc(CCC(C)c2ccc(Cn3ccnc3)cc2)s1. The molecule has 2 heterocycles. The summed E-state index contributed by atoms with van der Waals surface area (Å²) >= 11 is 1.18. The average Bonchev–Trinajstić information content (AvgIpc) is 3.45. The molecule has 0 radical (unpaired) electrons. The fraction of sp³-hybridized carbons (Fsp3) is 0.391. The van der Waals surface area contributed by atoms with Crippen molar-refractivity contribution in [3.63, 3.8) is 0 Å². The minimum Gasteiger partial charge on any atom is -0.449 e. The summed E-state index contributed by atoms with van der Waals surface area (Å²) in [5.74, 6) is 0.339. The van der Waals surface area contributed by atoms with E-state index in [0.717, 1.165) is 30.7 Å². The van der Waals surface area contributed by atoms with Crippen LogP contribution in [0.25, 0.3) is 0 Å². The highest BCUT2D eigenvalue weighted by molar-refractivity contribution is 7.92. The first-order chi connectivity index (χ1) is 15.4. The number of carbonyl (C=O) groups excluding carboxylic acids is 1. The molecule has 32 heavy (non-hydrogen) atoms. The molecule has 0 aliphatic carbocycles. The lowest BCUT2D eigenvalue weighted by molar-refractivity contribution is 0.151. The van der Waals surface area contributed by atoms with Crippen LogP contribution in [0.4, 0.5) is 4.79 Å². The Balaban J connectivity index is 1.51. The lowest BCUT2D eigenvalue weighted by atomic mass is 9.95. The van der Waals surface area contributed by atoms with Gasteiger partial charge in [-0.3, -0.25) is 0 Å². The largest absolute Gasteiger partial charge is 0.449 e. The van der Waals surface area contributed by atoms with Crippen molar-refractivity contribution in [2.24, 2.45) is 0 Å². The van der Waals surface area contributed by atoms with Crippen LogP contribution in [0.2, 0.25) is 0 Å². The van der Waals surface area contributed by atoms with Gasteiger partial charge in [-0.1, -0.05) is 44.5 Å². The first-order valence-corrected chi connectivity index (χ1v) is 13.0. The van der Waals surface area contributed by atoms with Crippen LogP contribution >= 0.6 is 11.3 Å². The second kappa shape index (κ2) is 11.3. The third-order valence-electron chi connectivity index (χ3n) is 5.15. The predicted octanol–water partition coefficient (Wildman–Crippen LogP) is 4.94. The van der Waals surface area contributed by atoms with Crippen LogP contribution in [0.15, 0.2) is 59.3 Å². The zero-order valence-electron chi connectivity index (χ0n) is 18.4. The van der Waals surface area contributed by atoms with Crippen molar-refractivity contribution in [3.05, 3.63) is 71.1 Å². The van der Waals surface area contributed by atoms with E-state index in [4.69, 9.17) is 4.74 Å². The van der Waals surface area contributed by atoms with Crippen molar-refractivity contribution < 1.29 is 17.9 Å². The third-order valence-corrected chi connectivity index (χ3v) is 8.10. The Labute approximate surface area is 193 Å². The summed E-state index contributed by atoms with van der Waals surface area (Å²) in [6.07, 6.45) is 7.80. The molecule has 9 heteroatoms. The number of amides is 1. The normalized spacial score (nSPS) is 12.4. The topological polar surface area (TPSA) is 90.3 Å². The number of nitrogens with one attached hydrogen (secondary N) is 1. The second-order valence-corrected chi connectivity index (χ2v) is 10.8. The molecule has 1 amide bonds. The van der Waals surface area contributed by atoms with E-state index in [2.05, 4.69) is 36.2 Å². The maximum atomic E-state index is 12.4. The van der Waals surface area contributed by atoms with Gasteiger partial charge in [0.15, 0.2) is 0 Å². The van der Waals surface area contributed by atoms with Gasteiger partial charge in [-0.05, 0) is 48.4 Å². The highest BCUT2D eigenvalue weighted by Gasteiger charge is 2.21. The van der Waals surface area contributed by atoms with Crippen LogP contribution in [-0.2, 0) is 27.7 Å². The molecule has 7 nitrogen and oxygen atoms in total. The molecular formula is C23H29N3O4S2. The molecule has 2 aromatic heterocycles. The number of aryl methyl sites for hydroxylation is 1. The van der Waals surface area contributed by atoms with Crippen LogP contribution in [-0.4, -0.2) is 30.7 Å². The Bertz CT molecular complexity index is 1090. The molecule has 0 saturated carbocycles. The Morgan fingerprint density at radius 1 is 1.22 bits per heavy atom. The number of sulfonamides is 1. The Hall–Kier alpha value is -2.65. The Kier molecular flexibility index (Phi) is 8.46. The van der Waals surface area contributed by atoms with Gasteiger partial charge in [-0.15, -0.1) is 11.3 Å². The molecule has 0 aliphatic heterocycles. The summed E-state index contributed by atoms with van der Waals surface area (Å²) in [5, 5.41) is 0. The summed E-state index contributed by atoms with van der Waals surface area (Å²) in [7, 11) is -3.91. The summed E-state index contributed by atoms with van der Waals surface area (Å²) in [5.41, 5.74) is 2.47. The molecule has 0 spiro atoms. The van der Waals surface area contributed by atoms with Crippen LogP contribution in [0.3, 0.4) is 0 Å². The van der Waals surface area contributed by atoms with Crippen molar-refractivity contribution in [2.45, 2.75) is 56.2 Å². The van der Waals surface area contributed by atoms with E-state index in [9.17, 15) is 13.2 Å². The highest BCUT2D eigenvalue weighted by atomic mass is 32.2. The maximum absolute atomic E-state index is 12.4. The third kappa shape index (κ3) is 6.93. The van der Waals surface area contributed by atoms with Gasteiger partial charge >= 0.3 is 6.09 Å². The monoisotopic (exact) mass is 475 g/mol. The maximum Gasteiger partial charge on any atom is 0.421 e. The number of carbonyl (C=O) groups is 1. The number of aromatic nitrogens is 2. The number of rotatable bonds is 11. The summed E-state index contributed by atoms with van der Waals surface area (Å²) < 4.78 is 33.8. The van der Waals surface area contributed by atoms with Gasteiger partial charge < -0.3 is 9.30 Å². The van der Waals surface area contributed by atoms with Gasteiger partial charge in [0.25, 0.3) is 10.0 Å². The molecular weight excluding hydrogens is 446 g/mol. The number of hydrogen-bond donors (Lipinski definition) is 1. The van der Waals surface area contributed by atoms with Crippen LogP contribution < -0.4 is 4.72 Å². The molecule has 3 aromatic rings. The molecule has 1 aromatic carbocycles. The molecule has 0 bridgehead atoms. The number of benzene rings is 1. The number of ether oxygens (including phenoxy) is 1. The minimum absolute atomic E-state index is 0.122. The highest BCUT2D eigenvalue weighted by Crippen LogP contribution is 2.27. The molecule has 0 fully saturated rings. The molecule has 1 atom stereocenters. The van der Waals surface area contributed by atoms with Crippen molar-refractivity contribution >= 4 is 27.5 Å². The molecule has 1 N–H and O–H groups in total. The van der Waals surface area contributed by atoms with Crippen molar-refractivity contribution in [1.82, 2.24) is 14.3 Å². The smallest absolute Gasteiger partial charge is 0.421 e. The number of nitrogens with zero attached hydrogens (tertiary/aromatic N) is 2. The molecule has 1 unspecified atom stereocenters. The van der Waals surface area contributed by atoms with E-state index < -0.39 is 16.1 Å². The van der Waals surface area contributed by atoms with Crippen molar-refractivity contribution in [2.75, 3.05) is 6.61 Å². The summed E-state index contributed by atoms with van der Waals surface area (Å²) in [6, 6.07) is 11.9. The first-order valence-electron chi connectivity index (χ1n) is 10.7. The van der Waals surface area contributed by atoms with Crippen molar-refractivity contribution in [1.29, 1.82) is 0 Å². The van der Waals surface area contributed by atoms with Gasteiger partial charge in [0.1, 0.15) is 4.21 Å². The molecule has 0 saturated heterocycles. The van der Waals surface area contributed by atoms with Gasteiger partial charge in [0.05, 0.1) is 12.9 Å². The summed E-state index contributed by atoms with van der Waals surface area (Å²) in [4.78, 5) is 16.7. The van der Waals surface area contributed by atoms with Crippen LogP contribution in [0.1, 0.15) is 55.0 Å². The number of thiophene rings is 1.